The van der Waals surface area contributed by atoms with E-state index in [1.807, 2.05) is 32.9 Å². The number of rotatable bonds is 6. The molecule has 0 bridgehead atoms. The zero-order valence-corrected chi connectivity index (χ0v) is 14.8. The van der Waals surface area contributed by atoms with Crippen LogP contribution in [0.15, 0.2) is 16.7 Å². The summed E-state index contributed by atoms with van der Waals surface area (Å²) in [4.78, 5) is 16.3. The summed E-state index contributed by atoms with van der Waals surface area (Å²) in [5.74, 6) is 1.44. The summed E-state index contributed by atoms with van der Waals surface area (Å²) in [7, 11) is 0. The molecule has 0 saturated carbocycles. The fourth-order valence-corrected chi connectivity index (χ4v) is 2.76. The standard InChI is InChI=1S/C18H23N3O4/c1-11-6-7-12(2)17(13(11)3)24-10-16(22)19-9-15-20-18(25-21-15)14-5-4-8-23-14/h6-7,14H,4-5,8-10H2,1-3H3,(H,19,22). The van der Waals surface area contributed by atoms with Crippen molar-refractivity contribution in [3.05, 3.63) is 40.5 Å². The van der Waals surface area contributed by atoms with E-state index in [0.29, 0.717) is 18.3 Å². The van der Waals surface area contributed by atoms with E-state index in [1.165, 1.54) is 0 Å². The lowest BCUT2D eigenvalue weighted by molar-refractivity contribution is -0.123. The summed E-state index contributed by atoms with van der Waals surface area (Å²) in [5.41, 5.74) is 3.19. The van der Waals surface area contributed by atoms with Crippen LogP contribution in [0.5, 0.6) is 5.75 Å². The number of hydrogen-bond donors (Lipinski definition) is 1. The molecule has 1 aromatic heterocycles. The van der Waals surface area contributed by atoms with E-state index >= 15 is 0 Å². The zero-order chi connectivity index (χ0) is 17.8. The molecule has 1 amide bonds. The molecule has 1 aromatic carbocycles. The lowest BCUT2D eigenvalue weighted by atomic mass is 10.1. The second-order valence-electron chi connectivity index (χ2n) is 6.27. The molecule has 1 atom stereocenters. The van der Waals surface area contributed by atoms with E-state index in [2.05, 4.69) is 15.5 Å². The summed E-state index contributed by atoms with van der Waals surface area (Å²) in [6.07, 6.45) is 1.76. The first kappa shape index (κ1) is 17.4. The Bertz CT molecular complexity index is 751. The van der Waals surface area contributed by atoms with Crippen molar-refractivity contribution in [1.82, 2.24) is 15.5 Å². The van der Waals surface area contributed by atoms with E-state index in [9.17, 15) is 4.79 Å². The highest BCUT2D eigenvalue weighted by Crippen LogP contribution is 2.27. The van der Waals surface area contributed by atoms with Gasteiger partial charge in [0, 0.05) is 6.61 Å². The largest absolute Gasteiger partial charge is 0.483 e. The van der Waals surface area contributed by atoms with Crippen LogP contribution in [0.4, 0.5) is 0 Å². The number of nitrogens with one attached hydrogen (secondary N) is 1. The Morgan fingerprint density at radius 2 is 2.12 bits per heavy atom. The minimum absolute atomic E-state index is 0.0540. The monoisotopic (exact) mass is 345 g/mol. The second kappa shape index (κ2) is 7.65. The first-order chi connectivity index (χ1) is 12.0. The van der Waals surface area contributed by atoms with E-state index in [-0.39, 0.29) is 25.2 Å². The highest BCUT2D eigenvalue weighted by atomic mass is 16.5. The Hall–Kier alpha value is -2.41. The Morgan fingerprint density at radius 1 is 1.32 bits per heavy atom. The maximum Gasteiger partial charge on any atom is 0.258 e. The molecule has 1 aliphatic heterocycles. The van der Waals surface area contributed by atoms with Crippen LogP contribution in [-0.4, -0.2) is 29.3 Å². The highest BCUT2D eigenvalue weighted by Gasteiger charge is 2.23. The molecule has 1 unspecified atom stereocenters. The van der Waals surface area contributed by atoms with Crippen LogP contribution < -0.4 is 10.1 Å². The Morgan fingerprint density at radius 3 is 2.88 bits per heavy atom. The summed E-state index contributed by atoms with van der Waals surface area (Å²) in [6.45, 7) is 6.83. The van der Waals surface area contributed by atoms with Gasteiger partial charge in [0.25, 0.3) is 11.8 Å². The first-order valence-corrected chi connectivity index (χ1v) is 8.45. The Kier molecular flexibility index (Phi) is 5.33. The fraction of sp³-hybridized carbons (Fsp3) is 0.500. The van der Waals surface area contributed by atoms with Gasteiger partial charge >= 0.3 is 0 Å². The maximum atomic E-state index is 12.0. The molecule has 0 aliphatic carbocycles. The van der Waals surface area contributed by atoms with Gasteiger partial charge in [-0.05, 0) is 50.3 Å². The normalized spacial score (nSPS) is 16.8. The smallest absolute Gasteiger partial charge is 0.258 e. The quantitative estimate of drug-likeness (QED) is 0.866. The number of benzene rings is 1. The predicted octanol–water partition coefficient (Wildman–Crippen LogP) is 2.54. The van der Waals surface area contributed by atoms with Crippen LogP contribution in [-0.2, 0) is 16.1 Å². The SMILES string of the molecule is Cc1ccc(C)c(OCC(=O)NCc2noc(C3CCCO3)n2)c1C. The summed E-state index contributed by atoms with van der Waals surface area (Å²) < 4.78 is 16.4. The van der Waals surface area contributed by atoms with Crippen molar-refractivity contribution >= 4 is 5.91 Å². The molecule has 1 aliphatic rings. The number of carbonyl (C=O) groups is 1. The van der Waals surface area contributed by atoms with Crippen molar-refractivity contribution < 1.29 is 18.8 Å². The molecular formula is C18H23N3O4. The minimum Gasteiger partial charge on any atom is -0.483 e. The van der Waals surface area contributed by atoms with Gasteiger partial charge in [-0.25, -0.2) is 0 Å². The van der Waals surface area contributed by atoms with Gasteiger partial charge in [-0.3, -0.25) is 4.79 Å². The van der Waals surface area contributed by atoms with Crippen molar-refractivity contribution in [2.75, 3.05) is 13.2 Å². The van der Waals surface area contributed by atoms with Crippen LogP contribution in [0.2, 0.25) is 0 Å². The topological polar surface area (TPSA) is 86.5 Å². The van der Waals surface area contributed by atoms with Crippen molar-refractivity contribution in [2.24, 2.45) is 0 Å². The fourth-order valence-electron chi connectivity index (χ4n) is 2.76. The summed E-state index contributed by atoms with van der Waals surface area (Å²) >= 11 is 0. The summed E-state index contributed by atoms with van der Waals surface area (Å²) in [5, 5.41) is 6.61. The Labute approximate surface area is 146 Å². The van der Waals surface area contributed by atoms with E-state index in [0.717, 1.165) is 35.3 Å². The Balaban J connectivity index is 1.49. The van der Waals surface area contributed by atoms with Crippen molar-refractivity contribution in [3.8, 4) is 5.75 Å². The maximum absolute atomic E-state index is 12.0. The molecule has 0 radical (unpaired) electrons. The average molecular weight is 345 g/mol. The van der Waals surface area contributed by atoms with Gasteiger partial charge in [-0.15, -0.1) is 0 Å². The molecule has 7 heteroatoms. The molecule has 1 N–H and O–H groups in total. The third kappa shape index (κ3) is 4.17. The third-order valence-electron chi connectivity index (χ3n) is 4.35. The lowest BCUT2D eigenvalue weighted by Crippen LogP contribution is -2.29. The molecule has 2 heterocycles. The van der Waals surface area contributed by atoms with Gasteiger partial charge in [0.1, 0.15) is 11.9 Å². The molecule has 1 saturated heterocycles. The number of carbonyl (C=O) groups excluding carboxylic acids is 1. The molecular weight excluding hydrogens is 322 g/mol. The number of amides is 1. The zero-order valence-electron chi connectivity index (χ0n) is 14.8. The molecule has 1 fully saturated rings. The van der Waals surface area contributed by atoms with Crippen LogP contribution in [0.3, 0.4) is 0 Å². The second-order valence-corrected chi connectivity index (χ2v) is 6.27. The van der Waals surface area contributed by atoms with Gasteiger partial charge in [0.15, 0.2) is 12.4 Å². The van der Waals surface area contributed by atoms with Crippen molar-refractivity contribution in [2.45, 2.75) is 46.3 Å². The summed E-state index contributed by atoms with van der Waals surface area (Å²) in [6, 6.07) is 4.03. The molecule has 2 aromatic rings. The van der Waals surface area contributed by atoms with Gasteiger partial charge in [-0.1, -0.05) is 17.3 Å². The molecule has 3 rings (SSSR count). The van der Waals surface area contributed by atoms with Crippen molar-refractivity contribution in [1.29, 1.82) is 0 Å². The number of aryl methyl sites for hydroxylation is 2. The van der Waals surface area contributed by atoms with Crippen LogP contribution in [0.1, 0.15) is 47.4 Å². The van der Waals surface area contributed by atoms with Crippen molar-refractivity contribution in [3.63, 3.8) is 0 Å². The van der Waals surface area contributed by atoms with Crippen LogP contribution in [0.25, 0.3) is 0 Å². The average Bonchev–Trinajstić information content (AvgIpc) is 3.27. The number of nitrogens with zero attached hydrogens (tertiary/aromatic N) is 2. The number of ether oxygens (including phenoxy) is 2. The molecule has 0 spiro atoms. The third-order valence-corrected chi connectivity index (χ3v) is 4.35. The van der Waals surface area contributed by atoms with Gasteiger partial charge in [0.2, 0.25) is 0 Å². The van der Waals surface area contributed by atoms with Gasteiger partial charge in [-0.2, -0.15) is 4.98 Å². The first-order valence-electron chi connectivity index (χ1n) is 8.45. The minimum atomic E-state index is -0.233. The number of aromatic nitrogens is 2. The molecule has 134 valence electrons. The van der Waals surface area contributed by atoms with E-state index < -0.39 is 0 Å². The van der Waals surface area contributed by atoms with Crippen LogP contribution in [0, 0.1) is 20.8 Å². The van der Waals surface area contributed by atoms with Gasteiger partial charge < -0.3 is 19.3 Å². The van der Waals surface area contributed by atoms with Gasteiger partial charge in [0.05, 0.1) is 6.54 Å². The highest BCUT2D eigenvalue weighted by molar-refractivity contribution is 5.77. The lowest BCUT2D eigenvalue weighted by Gasteiger charge is -2.13. The van der Waals surface area contributed by atoms with E-state index in [1.54, 1.807) is 0 Å². The predicted molar refractivity (Wildman–Crippen MR) is 90.2 cm³/mol. The van der Waals surface area contributed by atoms with E-state index in [4.69, 9.17) is 14.0 Å². The van der Waals surface area contributed by atoms with Crippen LogP contribution >= 0.6 is 0 Å². The molecule has 7 nitrogen and oxygen atoms in total. The number of hydrogen-bond acceptors (Lipinski definition) is 6. The molecule has 25 heavy (non-hydrogen) atoms.